The van der Waals surface area contributed by atoms with E-state index in [9.17, 15) is 23.3 Å². The Balaban J connectivity index is 1.71. The molecule has 1 aliphatic carbocycles. The summed E-state index contributed by atoms with van der Waals surface area (Å²) in [5.74, 6) is -2.50. The van der Waals surface area contributed by atoms with Crippen molar-refractivity contribution in [1.29, 1.82) is 5.26 Å². The molecule has 3 rings (SSSR count). The third-order valence-corrected chi connectivity index (χ3v) is 6.85. The normalized spacial score (nSPS) is 19.1. The first kappa shape index (κ1) is 21.3. The number of carbonyl (C=O) groups excluding carboxylic acids is 2. The maximum atomic E-state index is 12.8. The first-order chi connectivity index (χ1) is 13.8. The molecule has 1 saturated carbocycles. The van der Waals surface area contributed by atoms with Crippen LogP contribution in [0.15, 0.2) is 30.3 Å². The Hall–Kier alpha value is -2.44. The number of benzene rings is 1. The van der Waals surface area contributed by atoms with Crippen molar-refractivity contribution in [2.75, 3.05) is 32.1 Å². The second-order valence-corrected chi connectivity index (χ2v) is 9.73. The van der Waals surface area contributed by atoms with Gasteiger partial charge in [-0.05, 0) is 18.4 Å². The highest BCUT2D eigenvalue weighted by atomic mass is 32.2. The Kier molecular flexibility index (Phi) is 6.55. The highest BCUT2D eigenvalue weighted by Crippen LogP contribution is 2.34. The molecule has 1 unspecified atom stereocenters. The number of carbonyl (C=O) groups is 2. The van der Waals surface area contributed by atoms with Gasteiger partial charge in [-0.2, -0.15) is 5.26 Å². The molecule has 1 aromatic rings. The second kappa shape index (κ2) is 8.93. The van der Waals surface area contributed by atoms with E-state index in [2.05, 4.69) is 11.4 Å². The summed E-state index contributed by atoms with van der Waals surface area (Å²) >= 11 is 0. The van der Waals surface area contributed by atoms with Crippen LogP contribution in [0.25, 0.3) is 0 Å². The van der Waals surface area contributed by atoms with E-state index in [4.69, 9.17) is 4.74 Å². The van der Waals surface area contributed by atoms with Crippen molar-refractivity contribution in [2.45, 2.75) is 30.6 Å². The largest absolute Gasteiger partial charge is 0.378 e. The number of sulfone groups is 1. The minimum atomic E-state index is -3.64. The van der Waals surface area contributed by atoms with Crippen molar-refractivity contribution >= 4 is 21.7 Å². The van der Waals surface area contributed by atoms with Gasteiger partial charge in [0, 0.05) is 19.5 Å². The lowest BCUT2D eigenvalue weighted by atomic mass is 10.0. The zero-order valence-corrected chi connectivity index (χ0v) is 17.0. The van der Waals surface area contributed by atoms with Crippen LogP contribution in [0.1, 0.15) is 24.8 Å². The van der Waals surface area contributed by atoms with Crippen molar-refractivity contribution in [2.24, 2.45) is 5.92 Å². The fraction of sp³-hybridized carbons (Fsp3) is 0.550. The number of nitrogens with one attached hydrogen (secondary N) is 1. The summed E-state index contributed by atoms with van der Waals surface area (Å²) in [6.07, 6.45) is 0.869. The number of ether oxygens (including phenoxy) is 1. The van der Waals surface area contributed by atoms with Crippen LogP contribution in [0.3, 0.4) is 0 Å². The molecular weight excluding hydrogens is 394 g/mol. The number of rotatable bonds is 8. The topological polar surface area (TPSA) is 117 Å². The molecule has 1 aromatic carbocycles. The van der Waals surface area contributed by atoms with Gasteiger partial charge in [0.1, 0.15) is 5.54 Å². The Morgan fingerprint density at radius 1 is 1.21 bits per heavy atom. The fourth-order valence-corrected chi connectivity index (χ4v) is 5.00. The predicted octanol–water partition coefficient (Wildman–Crippen LogP) is 0.639. The van der Waals surface area contributed by atoms with Gasteiger partial charge in [0.25, 0.3) is 0 Å². The van der Waals surface area contributed by atoms with Gasteiger partial charge in [0.2, 0.25) is 11.8 Å². The summed E-state index contributed by atoms with van der Waals surface area (Å²) in [6, 6.07) is 10.8. The molecule has 1 saturated heterocycles. The van der Waals surface area contributed by atoms with Gasteiger partial charge in [-0.1, -0.05) is 30.3 Å². The maximum Gasteiger partial charge on any atom is 0.225 e. The van der Waals surface area contributed by atoms with Crippen molar-refractivity contribution in [3.63, 3.8) is 0 Å². The Labute approximate surface area is 170 Å². The molecule has 2 amide bonds. The molecule has 2 fully saturated rings. The smallest absolute Gasteiger partial charge is 0.225 e. The molecule has 156 valence electrons. The Bertz CT molecular complexity index is 884. The number of nitriles is 1. The van der Waals surface area contributed by atoms with Crippen LogP contribution < -0.4 is 5.32 Å². The zero-order chi connectivity index (χ0) is 20.9. The summed E-state index contributed by atoms with van der Waals surface area (Å²) in [5, 5.41) is 11.9. The van der Waals surface area contributed by atoms with Crippen molar-refractivity contribution < 1.29 is 22.7 Å². The lowest BCUT2D eigenvalue weighted by molar-refractivity contribution is -0.139. The van der Waals surface area contributed by atoms with Crippen molar-refractivity contribution in [3.8, 4) is 6.07 Å². The lowest BCUT2D eigenvalue weighted by Gasteiger charge is -2.28. The molecule has 1 atom stereocenters. The third-order valence-electron chi connectivity index (χ3n) is 5.17. The monoisotopic (exact) mass is 419 g/mol. The van der Waals surface area contributed by atoms with Crippen LogP contribution >= 0.6 is 0 Å². The quantitative estimate of drug-likeness (QED) is 0.661. The molecule has 1 N–H and O–H groups in total. The summed E-state index contributed by atoms with van der Waals surface area (Å²) in [5.41, 5.74) is -0.289. The highest BCUT2D eigenvalue weighted by molar-refractivity contribution is 7.90. The maximum absolute atomic E-state index is 12.8. The third kappa shape index (κ3) is 6.02. The number of morpholine rings is 1. The lowest BCUT2D eigenvalue weighted by Crippen LogP contribution is -2.46. The molecule has 9 heteroatoms. The van der Waals surface area contributed by atoms with Gasteiger partial charge in [0.05, 0.1) is 36.7 Å². The zero-order valence-electron chi connectivity index (χ0n) is 16.2. The molecule has 8 nitrogen and oxygen atoms in total. The average Bonchev–Trinajstić information content (AvgIpc) is 3.48. The van der Waals surface area contributed by atoms with Crippen LogP contribution in [0.2, 0.25) is 0 Å². The van der Waals surface area contributed by atoms with E-state index in [1.165, 1.54) is 0 Å². The summed E-state index contributed by atoms with van der Waals surface area (Å²) < 4.78 is 30.7. The van der Waals surface area contributed by atoms with Gasteiger partial charge >= 0.3 is 0 Å². The molecule has 0 spiro atoms. The first-order valence-electron chi connectivity index (χ1n) is 9.66. The summed E-state index contributed by atoms with van der Waals surface area (Å²) in [7, 11) is -3.64. The van der Waals surface area contributed by atoms with Gasteiger partial charge in [-0.25, -0.2) is 8.42 Å². The number of amides is 2. The van der Waals surface area contributed by atoms with Gasteiger partial charge in [-0.3, -0.25) is 9.59 Å². The molecule has 1 heterocycles. The predicted molar refractivity (Wildman–Crippen MR) is 105 cm³/mol. The minimum absolute atomic E-state index is 0.202. The van der Waals surface area contributed by atoms with E-state index in [0.717, 1.165) is 0 Å². The minimum Gasteiger partial charge on any atom is -0.378 e. The van der Waals surface area contributed by atoms with Gasteiger partial charge in [0.15, 0.2) is 9.84 Å². The first-order valence-corrected chi connectivity index (χ1v) is 11.5. The second-order valence-electron chi connectivity index (χ2n) is 7.62. The fourth-order valence-electron chi connectivity index (χ4n) is 3.30. The van der Waals surface area contributed by atoms with E-state index >= 15 is 0 Å². The molecule has 29 heavy (non-hydrogen) atoms. The van der Waals surface area contributed by atoms with Gasteiger partial charge in [-0.15, -0.1) is 0 Å². The number of hydrogen-bond donors (Lipinski definition) is 1. The Morgan fingerprint density at radius 3 is 2.45 bits per heavy atom. The molecule has 1 aliphatic heterocycles. The number of nitrogens with zero attached hydrogens (tertiary/aromatic N) is 2. The van der Waals surface area contributed by atoms with Crippen LogP contribution in [0, 0.1) is 17.2 Å². The average molecular weight is 420 g/mol. The van der Waals surface area contributed by atoms with E-state index < -0.39 is 33.0 Å². The van der Waals surface area contributed by atoms with E-state index in [1.807, 2.05) is 0 Å². The summed E-state index contributed by atoms with van der Waals surface area (Å²) in [4.78, 5) is 27.0. The van der Waals surface area contributed by atoms with Crippen molar-refractivity contribution in [3.05, 3.63) is 35.9 Å². The van der Waals surface area contributed by atoms with E-state index in [0.29, 0.717) is 44.7 Å². The molecule has 0 bridgehead atoms. The SMILES string of the molecule is N#CC1(NC(=O)C(CC(=O)N2CCOCC2)CS(=O)(=O)Cc2ccccc2)CC1. The Morgan fingerprint density at radius 2 is 1.86 bits per heavy atom. The van der Waals surface area contributed by atoms with Crippen LogP contribution in [-0.4, -0.2) is 62.7 Å². The molecule has 2 aliphatic rings. The highest BCUT2D eigenvalue weighted by Gasteiger charge is 2.46. The molecular formula is C20H25N3O5S. The van der Waals surface area contributed by atoms with E-state index in [-0.39, 0.29) is 18.1 Å². The standard InChI is InChI=1S/C20H25N3O5S/c21-15-20(6-7-20)22-19(25)17(12-18(24)23-8-10-28-11-9-23)14-29(26,27)13-16-4-2-1-3-5-16/h1-5,17H,6-14H2,(H,22,25). The molecule has 0 aromatic heterocycles. The van der Waals surface area contributed by atoms with E-state index in [1.54, 1.807) is 35.2 Å². The van der Waals surface area contributed by atoms with Gasteiger partial charge < -0.3 is 15.0 Å². The number of hydrogen-bond acceptors (Lipinski definition) is 6. The van der Waals surface area contributed by atoms with Crippen LogP contribution in [0.5, 0.6) is 0 Å². The van der Waals surface area contributed by atoms with Crippen LogP contribution in [0.4, 0.5) is 0 Å². The summed E-state index contributed by atoms with van der Waals surface area (Å²) in [6.45, 7) is 1.69. The van der Waals surface area contributed by atoms with Crippen LogP contribution in [-0.2, 0) is 29.9 Å². The van der Waals surface area contributed by atoms with Crippen molar-refractivity contribution in [1.82, 2.24) is 10.2 Å². The molecule has 0 radical (unpaired) electrons.